The van der Waals surface area contributed by atoms with Gasteiger partial charge in [-0.3, -0.25) is 0 Å². The maximum atomic E-state index is 12.5. The van der Waals surface area contributed by atoms with Gasteiger partial charge in [0, 0.05) is 6.20 Å². The number of nitrogens with zero attached hydrogens (tertiary/aromatic N) is 1. The summed E-state index contributed by atoms with van der Waals surface area (Å²) in [7, 11) is 0. The third-order valence-corrected chi connectivity index (χ3v) is 1.60. The minimum Gasteiger partial charge on any atom is -0.378 e. The van der Waals surface area contributed by atoms with E-state index in [1.54, 1.807) is 0 Å². The lowest BCUT2D eigenvalue weighted by atomic mass is 10.1. The van der Waals surface area contributed by atoms with Crippen molar-refractivity contribution in [3.05, 3.63) is 29.6 Å². The molecule has 0 radical (unpaired) electrons. The highest BCUT2D eigenvalue weighted by atomic mass is 19.4. The molecule has 1 aromatic heterocycles. The Kier molecular flexibility index (Phi) is 3.24. The predicted octanol–water partition coefficient (Wildman–Crippen LogP) is 2.22. The summed E-state index contributed by atoms with van der Waals surface area (Å²) < 4.78 is 37.5. The summed E-state index contributed by atoms with van der Waals surface area (Å²) >= 11 is 0. The van der Waals surface area contributed by atoms with E-state index in [1.807, 2.05) is 0 Å². The molecule has 2 nitrogen and oxygen atoms in total. The van der Waals surface area contributed by atoms with Crippen molar-refractivity contribution in [3.8, 4) is 11.8 Å². The first-order valence-electron chi connectivity index (χ1n) is 4.48. The van der Waals surface area contributed by atoms with E-state index in [0.29, 0.717) is 0 Å². The van der Waals surface area contributed by atoms with Gasteiger partial charge in [0.15, 0.2) is 0 Å². The third kappa shape index (κ3) is 3.55. The zero-order valence-corrected chi connectivity index (χ0v) is 8.76. The fourth-order valence-electron chi connectivity index (χ4n) is 0.946. The third-order valence-electron chi connectivity index (χ3n) is 1.60. The lowest BCUT2D eigenvalue weighted by Crippen LogP contribution is -2.15. The van der Waals surface area contributed by atoms with E-state index in [1.165, 1.54) is 26.1 Å². The van der Waals surface area contributed by atoms with Crippen molar-refractivity contribution >= 4 is 0 Å². The maximum Gasteiger partial charge on any atom is 0.419 e. The van der Waals surface area contributed by atoms with E-state index in [4.69, 9.17) is 0 Å². The number of aromatic nitrogens is 1. The molecule has 0 aliphatic rings. The molecule has 16 heavy (non-hydrogen) atoms. The molecule has 5 heteroatoms. The van der Waals surface area contributed by atoms with Crippen LogP contribution in [-0.4, -0.2) is 15.7 Å². The minimum absolute atomic E-state index is 0.378. The summed E-state index contributed by atoms with van der Waals surface area (Å²) in [5.74, 6) is 4.52. The second-order valence-electron chi connectivity index (χ2n) is 3.71. The number of halogens is 3. The number of pyridine rings is 1. The average Bonchev–Trinajstić information content (AvgIpc) is 2.12. The van der Waals surface area contributed by atoms with Gasteiger partial charge in [0.1, 0.15) is 11.3 Å². The van der Waals surface area contributed by atoms with Gasteiger partial charge < -0.3 is 5.11 Å². The number of hydrogen-bond acceptors (Lipinski definition) is 2. The van der Waals surface area contributed by atoms with Crippen LogP contribution in [0.15, 0.2) is 18.3 Å². The van der Waals surface area contributed by atoms with E-state index < -0.39 is 17.3 Å². The van der Waals surface area contributed by atoms with Gasteiger partial charge in [0.05, 0.1) is 5.56 Å². The highest BCUT2D eigenvalue weighted by Gasteiger charge is 2.33. The fraction of sp³-hybridized carbons (Fsp3) is 0.364. The van der Waals surface area contributed by atoms with Crippen LogP contribution in [-0.2, 0) is 6.18 Å². The summed E-state index contributed by atoms with van der Waals surface area (Å²) in [5.41, 5.74) is -2.62. The summed E-state index contributed by atoms with van der Waals surface area (Å²) in [6, 6.07) is 2.10. The van der Waals surface area contributed by atoms with Gasteiger partial charge in [-0.05, 0) is 31.9 Å². The number of aliphatic hydroxyl groups is 1. The van der Waals surface area contributed by atoms with Crippen molar-refractivity contribution in [1.82, 2.24) is 4.98 Å². The Hall–Kier alpha value is -1.54. The smallest absolute Gasteiger partial charge is 0.378 e. The van der Waals surface area contributed by atoms with Crippen molar-refractivity contribution in [1.29, 1.82) is 0 Å². The van der Waals surface area contributed by atoms with Gasteiger partial charge in [-0.25, -0.2) is 4.98 Å². The van der Waals surface area contributed by atoms with Crippen molar-refractivity contribution in [2.75, 3.05) is 0 Å². The van der Waals surface area contributed by atoms with Crippen molar-refractivity contribution in [3.63, 3.8) is 0 Å². The Bertz CT molecular complexity index is 435. The Balaban J connectivity index is 3.19. The van der Waals surface area contributed by atoms with Crippen LogP contribution in [0.4, 0.5) is 13.2 Å². The molecule has 0 amide bonds. The van der Waals surface area contributed by atoms with Gasteiger partial charge in [-0.15, -0.1) is 0 Å². The molecule has 0 spiro atoms. The monoisotopic (exact) mass is 229 g/mol. The molecule has 0 saturated carbocycles. The zero-order valence-electron chi connectivity index (χ0n) is 8.76. The van der Waals surface area contributed by atoms with E-state index in [9.17, 15) is 18.3 Å². The Labute approximate surface area is 91.1 Å². The number of alkyl halides is 3. The van der Waals surface area contributed by atoms with Crippen molar-refractivity contribution in [2.45, 2.75) is 25.6 Å². The van der Waals surface area contributed by atoms with Gasteiger partial charge in [0.25, 0.3) is 0 Å². The molecule has 86 valence electrons. The Morgan fingerprint density at radius 2 is 1.94 bits per heavy atom. The fourth-order valence-corrected chi connectivity index (χ4v) is 0.946. The number of rotatable bonds is 0. The molecule has 1 aromatic rings. The molecule has 1 heterocycles. The summed E-state index contributed by atoms with van der Waals surface area (Å²) in [6.45, 7) is 2.77. The molecule has 0 bridgehead atoms. The molecule has 0 unspecified atom stereocenters. The molecular weight excluding hydrogens is 219 g/mol. The van der Waals surface area contributed by atoms with Gasteiger partial charge in [0.2, 0.25) is 0 Å². The van der Waals surface area contributed by atoms with E-state index in [-0.39, 0.29) is 5.69 Å². The van der Waals surface area contributed by atoms with Crippen LogP contribution in [0.5, 0.6) is 0 Å². The molecular formula is C11H10F3NO. The standard InChI is InChI=1S/C11H10F3NO/c1-10(2,16)6-5-9-8(11(12,13)14)4-3-7-15-9/h3-4,7,16H,1-2H3. The summed E-state index contributed by atoms with van der Waals surface area (Å²) in [4.78, 5) is 3.54. The molecule has 0 aliphatic carbocycles. The Morgan fingerprint density at radius 3 is 2.44 bits per heavy atom. The van der Waals surface area contributed by atoms with E-state index >= 15 is 0 Å². The molecule has 1 rings (SSSR count). The normalized spacial score (nSPS) is 11.9. The highest BCUT2D eigenvalue weighted by Crippen LogP contribution is 2.30. The van der Waals surface area contributed by atoms with Crippen LogP contribution >= 0.6 is 0 Å². The van der Waals surface area contributed by atoms with Crippen LogP contribution in [0.2, 0.25) is 0 Å². The second kappa shape index (κ2) is 4.14. The van der Waals surface area contributed by atoms with Crippen LogP contribution in [0, 0.1) is 11.8 Å². The second-order valence-corrected chi connectivity index (χ2v) is 3.71. The lowest BCUT2D eigenvalue weighted by Gasteiger charge is -2.09. The van der Waals surface area contributed by atoms with Crippen LogP contribution in [0.3, 0.4) is 0 Å². The zero-order chi connectivity index (χ0) is 12.4. The first kappa shape index (κ1) is 12.5. The lowest BCUT2D eigenvalue weighted by molar-refractivity contribution is -0.138. The average molecular weight is 229 g/mol. The SMILES string of the molecule is CC(C)(O)C#Cc1ncccc1C(F)(F)F. The maximum absolute atomic E-state index is 12.5. The minimum atomic E-state index is -4.49. The van der Waals surface area contributed by atoms with Crippen LogP contribution in [0.1, 0.15) is 25.1 Å². The first-order chi connectivity index (χ1) is 7.20. The van der Waals surface area contributed by atoms with Crippen LogP contribution in [0.25, 0.3) is 0 Å². The molecule has 0 saturated heterocycles. The summed E-state index contributed by atoms with van der Waals surface area (Å²) in [5, 5.41) is 9.29. The molecule has 0 aromatic carbocycles. The van der Waals surface area contributed by atoms with Crippen molar-refractivity contribution in [2.24, 2.45) is 0 Å². The molecule has 0 aliphatic heterocycles. The molecule has 1 N–H and O–H groups in total. The van der Waals surface area contributed by atoms with Gasteiger partial charge >= 0.3 is 6.18 Å². The first-order valence-corrected chi connectivity index (χ1v) is 4.48. The Morgan fingerprint density at radius 1 is 1.31 bits per heavy atom. The highest BCUT2D eigenvalue weighted by molar-refractivity contribution is 5.38. The largest absolute Gasteiger partial charge is 0.419 e. The quantitative estimate of drug-likeness (QED) is 0.692. The molecule has 0 fully saturated rings. The summed E-state index contributed by atoms with van der Waals surface area (Å²) in [6.07, 6.45) is -3.26. The van der Waals surface area contributed by atoms with Gasteiger partial charge in [-0.1, -0.05) is 5.92 Å². The molecule has 0 atom stereocenters. The number of hydrogen-bond donors (Lipinski definition) is 1. The predicted molar refractivity (Wildman–Crippen MR) is 52.4 cm³/mol. The van der Waals surface area contributed by atoms with Gasteiger partial charge in [-0.2, -0.15) is 13.2 Å². The van der Waals surface area contributed by atoms with Crippen LogP contribution < -0.4 is 0 Å². The topological polar surface area (TPSA) is 33.1 Å². The van der Waals surface area contributed by atoms with E-state index in [0.717, 1.165) is 6.07 Å². The van der Waals surface area contributed by atoms with Crippen molar-refractivity contribution < 1.29 is 18.3 Å². The van der Waals surface area contributed by atoms with E-state index in [2.05, 4.69) is 16.8 Å².